The van der Waals surface area contributed by atoms with Crippen LogP contribution in [0.15, 0.2) is 193 Å². The highest BCUT2D eigenvalue weighted by Crippen LogP contribution is 2.47. The summed E-state index contributed by atoms with van der Waals surface area (Å²) in [5.41, 5.74) is 3.12. The number of hydrogen-bond acceptors (Lipinski definition) is 32. The van der Waals surface area contributed by atoms with Crippen molar-refractivity contribution in [3.8, 4) is 0 Å². The molecule has 4 fully saturated rings. The van der Waals surface area contributed by atoms with Crippen molar-refractivity contribution in [2.45, 2.75) is 133 Å². The van der Waals surface area contributed by atoms with Gasteiger partial charge in [-0.2, -0.15) is 0 Å². The van der Waals surface area contributed by atoms with Gasteiger partial charge in [-0.25, -0.2) is 91.8 Å². The molecule has 0 amide bonds. The molecule has 0 saturated carbocycles. The molecule has 10 atom stereocenters. The number of hydrogen-bond donors (Lipinski definition) is 8. The van der Waals surface area contributed by atoms with Crippen LogP contribution in [0.5, 0.6) is 0 Å². The van der Waals surface area contributed by atoms with Gasteiger partial charge >= 0.3 is 41.8 Å². The van der Waals surface area contributed by atoms with Crippen LogP contribution in [-0.4, -0.2) is 260 Å². The number of nitrogens with zero attached hydrogens (tertiary/aromatic N) is 12. The van der Waals surface area contributed by atoms with Gasteiger partial charge < -0.3 is 60.6 Å². The fourth-order valence-electron chi connectivity index (χ4n) is 17.7. The number of carbonyl (C=O) groups is 7. The third kappa shape index (κ3) is 27.8. The van der Waals surface area contributed by atoms with E-state index < -0.39 is 194 Å². The molecule has 12 heterocycles. The second kappa shape index (κ2) is 49.0. The Bertz CT molecular complexity index is 6400. The van der Waals surface area contributed by atoms with Crippen LogP contribution in [0.4, 0.5) is 52.7 Å². The van der Waals surface area contributed by atoms with E-state index in [1.165, 1.54) is 147 Å². The minimum Gasteiger partial charge on any atom is -0.481 e. The van der Waals surface area contributed by atoms with Crippen LogP contribution in [0.25, 0.3) is 0 Å². The monoisotopic (exact) mass is 2280 g/mol. The first kappa shape index (κ1) is 112. The molecule has 8 aliphatic rings. The fraction of sp³-hybridized carbons (Fsp3) is 0.421. The van der Waals surface area contributed by atoms with Gasteiger partial charge in [0.15, 0.2) is 43.4 Å². The molecular weight excluding hydrogens is 2190 g/mol. The molecule has 782 valence electrons. The number of methoxy groups -OCH3 is 1. The average molecular weight is 2290 g/mol. The molecule has 8 aromatic rings. The number of ether oxygens (including phenoxy) is 4. The minimum atomic E-state index is -3.08. The molecule has 0 aliphatic carbocycles. The molecule has 4 saturated heterocycles. The van der Waals surface area contributed by atoms with Crippen LogP contribution < -0.4 is 21.3 Å². The van der Waals surface area contributed by atoms with Gasteiger partial charge in [-0.15, -0.1) is 45.3 Å². The minimum absolute atomic E-state index is 0.00636. The number of benzene rings is 4. The standard InChI is InChI=1S/C25H26ClF3N4O4S.C24H24BrF3N4O4S.C24H24ClF3N4O4S.C22H22BrF3N4O3S/c1-3-37-24(36)19-18(11-33-12-25(28,29)10-15(33)8-13(2)23(34)35)31-21(22-30-6-7-38-22)32-20(19)16-5-4-14(27)9-17(16)26;1-2-36-23(35)19-17(11-32-10-13(3-6-18(33)34)24(27,28)12-32)30-21(22-29-7-8-37-22)31-20(19)15-5-4-14(26)9-16(15)25;1-12(22(33)34)7-14-9-24(27,28)11-32(14)10-17-18(23(35)36-2)19(15-4-3-13(26)8-16(15)25)31-20(30-17)21-29-5-6-37-21;1-2-33-21(32)17-16(9-30-8-12(10-31)22(25,26)11-30)28-19(20-27-5-6-34-20)29-18(17)14-4-3-13(24)7-15(14)23/h4-7,9,13,15,20H,3,8,10-12H2,1-2H3,(H,31,32)(H,34,35);4-5,7-9,13,20H,2-3,6,10-12H2,1H3,(H,30,31)(H,33,34);3-6,8,12,14,19H,7,9-11H2,1-2H3,(H,30,31)(H,33,34);3-7,12,18,31H,2,8-11H2,1H3,(H,28,29)/t13?,15-,20+;;12?,14-,19+;/m1.1./s1. The predicted octanol–water partition coefficient (Wildman–Crippen LogP) is 16.8. The highest BCUT2D eigenvalue weighted by atomic mass is 79.9. The van der Waals surface area contributed by atoms with Crippen molar-refractivity contribution in [2.75, 3.05) is 99.0 Å². The Morgan fingerprint density at radius 2 is 0.767 bits per heavy atom. The van der Waals surface area contributed by atoms with Crippen molar-refractivity contribution >= 4 is 166 Å². The Balaban J connectivity index is 0.000000163. The van der Waals surface area contributed by atoms with E-state index in [2.05, 4.69) is 88.0 Å². The maximum Gasteiger partial charge on any atom is 0.338 e. The molecule has 4 aromatic heterocycles. The first-order valence-corrected chi connectivity index (χ1v) is 51.2. The average Bonchev–Trinajstić information content (AvgIpc) is 1.30. The summed E-state index contributed by atoms with van der Waals surface area (Å²) in [6.45, 7) is 4.62. The second-order valence-corrected chi connectivity index (χ2v) is 40.9. The number of alkyl halides is 8. The Hall–Kier alpha value is -11.0. The molecule has 51 heteroatoms. The van der Waals surface area contributed by atoms with E-state index in [1.54, 1.807) is 67.1 Å². The first-order valence-electron chi connectivity index (χ1n) is 45.3. The number of halogens is 16. The quantitative estimate of drug-likeness (QED) is 0.0108. The van der Waals surface area contributed by atoms with Crippen LogP contribution >= 0.6 is 100 Å². The number of carbonyl (C=O) groups excluding carboxylic acids is 4. The second-order valence-electron chi connectivity index (χ2n) is 34.8. The van der Waals surface area contributed by atoms with Crippen LogP contribution in [0, 0.1) is 46.9 Å². The van der Waals surface area contributed by atoms with E-state index in [1.807, 2.05) is 0 Å². The fourth-order valence-corrected chi connectivity index (χ4v) is 21.7. The molecule has 146 heavy (non-hydrogen) atoms. The number of carboxylic acid groups (broad SMARTS) is 3. The number of aliphatic carboxylic acids is 3. The molecule has 8 N–H and O–H groups in total. The Kier molecular flexibility index (Phi) is 37.7. The number of esters is 4. The molecule has 16 rings (SSSR count). The first-order chi connectivity index (χ1) is 69.3. The lowest BCUT2D eigenvalue weighted by atomic mass is 9.94. The summed E-state index contributed by atoms with van der Waals surface area (Å²) in [5.74, 6) is -23.2. The van der Waals surface area contributed by atoms with Gasteiger partial charge in [0.05, 0.1) is 99.8 Å². The van der Waals surface area contributed by atoms with E-state index in [9.17, 15) is 102 Å². The van der Waals surface area contributed by atoms with Crippen LogP contribution in [0.1, 0.15) is 140 Å². The zero-order valence-corrected chi connectivity index (χ0v) is 86.2. The van der Waals surface area contributed by atoms with Crippen LogP contribution in [0.2, 0.25) is 10.0 Å². The van der Waals surface area contributed by atoms with Gasteiger partial charge in [0.1, 0.15) is 47.4 Å². The van der Waals surface area contributed by atoms with Crippen molar-refractivity contribution in [1.29, 1.82) is 0 Å². The summed E-state index contributed by atoms with van der Waals surface area (Å²) in [7, 11) is 1.18. The molecule has 6 unspecified atom stereocenters. The summed E-state index contributed by atoms with van der Waals surface area (Å²) >= 11 is 24.6. The van der Waals surface area contributed by atoms with Gasteiger partial charge in [-0.1, -0.05) is 93.2 Å². The Morgan fingerprint density at radius 1 is 0.459 bits per heavy atom. The molecule has 8 aliphatic heterocycles. The van der Waals surface area contributed by atoms with Crippen molar-refractivity contribution in [2.24, 2.45) is 43.6 Å². The van der Waals surface area contributed by atoms with E-state index in [4.69, 9.17) is 52.2 Å². The molecule has 0 radical (unpaired) electrons. The highest BCUT2D eigenvalue weighted by Gasteiger charge is 2.53. The Morgan fingerprint density at radius 3 is 1.05 bits per heavy atom. The Labute approximate surface area is 870 Å². The zero-order chi connectivity index (χ0) is 106. The highest BCUT2D eigenvalue weighted by molar-refractivity contribution is 9.10. The number of aliphatic hydroxyl groups excluding tert-OH is 1. The summed E-state index contributed by atoms with van der Waals surface area (Å²) in [4.78, 5) is 128. The number of aliphatic imine (C=N–C) groups is 4. The molecule has 4 aromatic carbocycles. The SMILES string of the molecule is CCOC(=O)C1=C(CN2CC(CCC(=O)O)C(F)(F)C2)NC(c2nccs2)=NC1c1ccc(F)cc1Br.CCOC(=O)C1=C(CN2CC(CO)C(F)(F)C2)NC(c2nccs2)=NC1c1ccc(F)cc1Br.CCOC(=O)C1=C(CN2CC(F)(F)C[C@H]2CC(C)C(=O)O)NC(c2nccs2)=N[C@H]1c1ccc(F)cc1Cl.COC(=O)C1=C(CN2CC(F)(F)C[C@H]2CC(C)C(=O)O)NC(c2nccs2)=N[C@H]1c1ccc(F)cc1Cl. The van der Waals surface area contributed by atoms with Crippen molar-refractivity contribution < 1.29 is 126 Å². The lowest BCUT2D eigenvalue weighted by molar-refractivity contribution is -0.142. The lowest BCUT2D eigenvalue weighted by Crippen LogP contribution is -2.42. The summed E-state index contributed by atoms with van der Waals surface area (Å²) in [5, 5.41) is 58.4. The smallest absolute Gasteiger partial charge is 0.338 e. The number of aromatic nitrogens is 4. The van der Waals surface area contributed by atoms with Gasteiger partial charge in [0.25, 0.3) is 23.7 Å². The number of nitrogens with one attached hydrogen (secondary N) is 4. The van der Waals surface area contributed by atoms with Crippen molar-refractivity contribution in [3.05, 3.63) is 249 Å². The molecule has 31 nitrogen and oxygen atoms in total. The van der Waals surface area contributed by atoms with Crippen LogP contribution in [0.3, 0.4) is 0 Å². The summed E-state index contributed by atoms with van der Waals surface area (Å²) < 4.78 is 193. The van der Waals surface area contributed by atoms with Gasteiger partial charge in [0.2, 0.25) is 0 Å². The molecular formula is C95H96Br2Cl2F12N16O15S4. The van der Waals surface area contributed by atoms with Gasteiger partial charge in [-0.3, -0.25) is 54.0 Å². The summed E-state index contributed by atoms with van der Waals surface area (Å²) in [6, 6.07) is 10.1. The predicted molar refractivity (Wildman–Crippen MR) is 526 cm³/mol. The topological polar surface area (TPSA) is 399 Å². The summed E-state index contributed by atoms with van der Waals surface area (Å²) in [6.07, 6.45) is 4.80. The molecule has 0 spiro atoms. The number of rotatable bonds is 33. The maximum atomic E-state index is 14.7. The van der Waals surface area contributed by atoms with Gasteiger partial charge in [0, 0.05) is 176 Å². The number of aliphatic hydroxyl groups is 1. The van der Waals surface area contributed by atoms with E-state index in [0.29, 0.717) is 74.3 Å². The number of likely N-dealkylation sites (tertiary alicyclic amines) is 4. The van der Waals surface area contributed by atoms with Gasteiger partial charge in [-0.05, 0) is 99.7 Å². The van der Waals surface area contributed by atoms with Crippen molar-refractivity contribution in [1.82, 2.24) is 60.8 Å². The lowest BCUT2D eigenvalue weighted by Gasteiger charge is -2.31. The maximum absolute atomic E-state index is 14.7. The zero-order valence-electron chi connectivity index (χ0n) is 78.3. The van der Waals surface area contributed by atoms with E-state index >= 15 is 0 Å². The van der Waals surface area contributed by atoms with Crippen LogP contribution in [-0.2, 0) is 52.5 Å². The van der Waals surface area contributed by atoms with E-state index in [-0.39, 0.29) is 140 Å². The number of thiazole rings is 4. The largest absolute Gasteiger partial charge is 0.481 e. The number of amidine groups is 4. The van der Waals surface area contributed by atoms with Crippen molar-refractivity contribution in [3.63, 3.8) is 0 Å². The van der Waals surface area contributed by atoms with E-state index in [0.717, 1.165) is 12.1 Å². The third-order valence-corrected chi connectivity index (χ3v) is 29.6. The third-order valence-electron chi connectivity index (χ3n) is 24.5. The normalized spacial score (nSPS) is 22.1. The number of carboxylic acids is 3. The molecule has 0 bridgehead atoms.